The number of hydrogen-bond donors (Lipinski definition) is 0. The Labute approximate surface area is 190 Å². The van der Waals surface area contributed by atoms with E-state index in [1.54, 1.807) is 24.3 Å². The molecule has 5 nitrogen and oxygen atoms in total. The predicted molar refractivity (Wildman–Crippen MR) is 128 cm³/mol. The molecule has 0 aliphatic carbocycles. The fraction of sp³-hybridized carbons (Fsp3) is 0.308. The smallest absolute Gasteiger partial charge is 0.243 e. The van der Waals surface area contributed by atoms with Gasteiger partial charge in [0.2, 0.25) is 10.0 Å². The van der Waals surface area contributed by atoms with E-state index < -0.39 is 10.0 Å². The molecule has 32 heavy (non-hydrogen) atoms. The van der Waals surface area contributed by atoms with Crippen LogP contribution in [0.25, 0.3) is 0 Å². The van der Waals surface area contributed by atoms with Crippen LogP contribution in [-0.2, 0) is 25.9 Å². The second-order valence-corrected chi connectivity index (χ2v) is 10.9. The number of anilines is 2. The van der Waals surface area contributed by atoms with Crippen molar-refractivity contribution in [2.45, 2.75) is 38.0 Å². The minimum atomic E-state index is -3.71. The molecule has 0 bridgehead atoms. The van der Waals surface area contributed by atoms with Gasteiger partial charge in [-0.2, -0.15) is 0 Å². The Morgan fingerprint density at radius 3 is 2.22 bits per heavy atom. The fourth-order valence-corrected chi connectivity index (χ4v) is 5.08. The van der Waals surface area contributed by atoms with Crippen LogP contribution in [0.5, 0.6) is 5.75 Å². The molecule has 1 unspecified atom stereocenters. The highest BCUT2D eigenvalue weighted by Gasteiger charge is 2.27. The van der Waals surface area contributed by atoms with Gasteiger partial charge in [-0.15, -0.1) is 0 Å². The van der Waals surface area contributed by atoms with Gasteiger partial charge in [0.25, 0.3) is 0 Å². The van der Waals surface area contributed by atoms with Crippen molar-refractivity contribution in [1.82, 2.24) is 0 Å². The summed E-state index contributed by atoms with van der Waals surface area (Å²) in [5.41, 5.74) is 3.05. The molecule has 1 aliphatic heterocycles. The van der Waals surface area contributed by atoms with Gasteiger partial charge in [-0.1, -0.05) is 69.3 Å². The standard InChI is InChI=1S/C26H29NO4S/c1-26(2,3)21-14-12-20(13-15-21)19-32(28,29)27(22-8-5-4-6-9-22)23-10-7-11-24(16-23)30-17-25-18-31-25/h4-16,25H,17-19H2,1-3H3. The summed E-state index contributed by atoms with van der Waals surface area (Å²) in [4.78, 5) is 0. The van der Waals surface area contributed by atoms with E-state index in [9.17, 15) is 8.42 Å². The lowest BCUT2D eigenvalue weighted by Crippen LogP contribution is -2.27. The summed E-state index contributed by atoms with van der Waals surface area (Å²) >= 11 is 0. The van der Waals surface area contributed by atoms with Crippen molar-refractivity contribution < 1.29 is 17.9 Å². The lowest BCUT2D eigenvalue weighted by atomic mass is 9.87. The number of rotatable bonds is 8. The lowest BCUT2D eigenvalue weighted by Gasteiger charge is -2.25. The molecule has 4 rings (SSSR count). The summed E-state index contributed by atoms with van der Waals surface area (Å²) < 4.78 is 39.6. The van der Waals surface area contributed by atoms with E-state index >= 15 is 0 Å². The van der Waals surface area contributed by atoms with Gasteiger partial charge in [-0.05, 0) is 40.8 Å². The molecule has 1 saturated heterocycles. The molecule has 0 aromatic heterocycles. The molecule has 1 atom stereocenters. The van der Waals surface area contributed by atoms with Crippen molar-refractivity contribution in [3.05, 3.63) is 90.0 Å². The van der Waals surface area contributed by atoms with E-state index in [0.717, 1.165) is 5.56 Å². The first kappa shape index (κ1) is 22.4. The quantitative estimate of drug-likeness (QED) is 0.429. The van der Waals surface area contributed by atoms with E-state index in [2.05, 4.69) is 20.8 Å². The Morgan fingerprint density at radius 1 is 0.938 bits per heavy atom. The Bertz CT molecular complexity index is 1150. The molecule has 0 spiro atoms. The van der Waals surface area contributed by atoms with Gasteiger partial charge in [0.05, 0.1) is 23.7 Å². The third kappa shape index (κ3) is 5.50. The first-order chi connectivity index (χ1) is 15.2. The van der Waals surface area contributed by atoms with Gasteiger partial charge in [0, 0.05) is 6.07 Å². The number of nitrogens with zero attached hydrogens (tertiary/aromatic N) is 1. The SMILES string of the molecule is CC(C)(C)c1ccc(CS(=O)(=O)N(c2ccccc2)c2cccc(OCC3CO3)c2)cc1. The largest absolute Gasteiger partial charge is 0.491 e. The maximum atomic E-state index is 13.6. The normalized spacial score (nSPS) is 15.9. The highest BCUT2D eigenvalue weighted by molar-refractivity contribution is 7.92. The van der Waals surface area contributed by atoms with E-state index in [1.165, 1.54) is 9.87 Å². The third-order valence-electron chi connectivity index (χ3n) is 5.33. The Morgan fingerprint density at radius 2 is 1.59 bits per heavy atom. The molecule has 0 amide bonds. The lowest BCUT2D eigenvalue weighted by molar-refractivity contribution is 0.263. The summed E-state index contributed by atoms with van der Waals surface area (Å²) in [5, 5.41) is 0. The zero-order valence-corrected chi connectivity index (χ0v) is 19.5. The molecule has 1 aliphatic rings. The van der Waals surface area contributed by atoms with Gasteiger partial charge in [0.15, 0.2) is 0 Å². The molecular weight excluding hydrogens is 422 g/mol. The summed E-state index contributed by atoms with van der Waals surface area (Å²) in [6.07, 6.45) is 0.128. The Balaban J connectivity index is 1.65. The fourth-order valence-electron chi connectivity index (χ4n) is 3.46. The molecule has 6 heteroatoms. The maximum absolute atomic E-state index is 13.6. The van der Waals surface area contributed by atoms with Crippen LogP contribution in [0.2, 0.25) is 0 Å². The number of hydrogen-bond acceptors (Lipinski definition) is 4. The summed E-state index contributed by atoms with van der Waals surface area (Å²) in [7, 11) is -3.71. The van der Waals surface area contributed by atoms with Crippen LogP contribution in [0.1, 0.15) is 31.9 Å². The highest BCUT2D eigenvalue weighted by Crippen LogP contribution is 2.33. The molecule has 3 aromatic carbocycles. The third-order valence-corrected chi connectivity index (χ3v) is 7.00. The molecule has 1 fully saturated rings. The molecular formula is C26H29NO4S. The van der Waals surface area contributed by atoms with Gasteiger partial charge in [0.1, 0.15) is 18.5 Å². The first-order valence-electron chi connectivity index (χ1n) is 10.7. The van der Waals surface area contributed by atoms with Crippen LogP contribution in [0.4, 0.5) is 11.4 Å². The van der Waals surface area contributed by atoms with E-state index in [4.69, 9.17) is 9.47 Å². The molecule has 168 valence electrons. The Kier molecular flexibility index (Phi) is 6.26. The van der Waals surface area contributed by atoms with Crippen molar-refractivity contribution in [2.24, 2.45) is 0 Å². The summed E-state index contributed by atoms with van der Waals surface area (Å²) in [6, 6.07) is 24.1. The summed E-state index contributed by atoms with van der Waals surface area (Å²) in [5.74, 6) is 0.511. The number of sulfonamides is 1. The van der Waals surface area contributed by atoms with E-state index in [-0.39, 0.29) is 17.3 Å². The van der Waals surface area contributed by atoms with Gasteiger partial charge < -0.3 is 9.47 Å². The van der Waals surface area contributed by atoms with Crippen LogP contribution < -0.4 is 9.04 Å². The second-order valence-electron chi connectivity index (χ2n) is 9.07. The molecule has 1 heterocycles. The molecule has 0 N–H and O–H groups in total. The van der Waals surface area contributed by atoms with Crippen molar-refractivity contribution in [1.29, 1.82) is 0 Å². The number of epoxide rings is 1. The number of benzene rings is 3. The molecule has 0 saturated carbocycles. The monoisotopic (exact) mass is 451 g/mol. The zero-order valence-electron chi connectivity index (χ0n) is 18.7. The van der Waals surface area contributed by atoms with E-state index in [1.807, 2.05) is 54.6 Å². The van der Waals surface area contributed by atoms with Gasteiger partial charge >= 0.3 is 0 Å². The number of para-hydroxylation sites is 1. The highest BCUT2D eigenvalue weighted by atomic mass is 32.2. The maximum Gasteiger partial charge on any atom is 0.243 e. The number of ether oxygens (including phenoxy) is 2. The van der Waals surface area contributed by atoms with Gasteiger partial charge in [-0.3, -0.25) is 0 Å². The van der Waals surface area contributed by atoms with E-state index in [0.29, 0.717) is 30.3 Å². The van der Waals surface area contributed by atoms with Crippen LogP contribution in [-0.4, -0.2) is 27.7 Å². The van der Waals surface area contributed by atoms with Crippen molar-refractivity contribution >= 4 is 21.4 Å². The summed E-state index contributed by atoms with van der Waals surface area (Å²) in [6.45, 7) is 7.58. The average Bonchev–Trinajstić information content (AvgIpc) is 3.57. The molecule has 0 radical (unpaired) electrons. The van der Waals surface area contributed by atoms with Crippen LogP contribution in [0.15, 0.2) is 78.9 Å². The zero-order chi connectivity index (χ0) is 22.8. The van der Waals surface area contributed by atoms with Crippen molar-refractivity contribution in [2.75, 3.05) is 17.5 Å². The van der Waals surface area contributed by atoms with Crippen molar-refractivity contribution in [3.63, 3.8) is 0 Å². The minimum Gasteiger partial charge on any atom is -0.491 e. The predicted octanol–water partition coefficient (Wildman–Crippen LogP) is 5.43. The van der Waals surface area contributed by atoms with Gasteiger partial charge in [-0.25, -0.2) is 12.7 Å². The minimum absolute atomic E-state index is 0.0133. The Hall–Kier alpha value is -2.83. The second kappa shape index (κ2) is 8.96. The van der Waals surface area contributed by atoms with Crippen LogP contribution >= 0.6 is 0 Å². The van der Waals surface area contributed by atoms with Crippen LogP contribution in [0, 0.1) is 0 Å². The van der Waals surface area contributed by atoms with Crippen molar-refractivity contribution in [3.8, 4) is 5.75 Å². The first-order valence-corrected chi connectivity index (χ1v) is 12.4. The molecule has 3 aromatic rings. The topological polar surface area (TPSA) is 59.1 Å². The van der Waals surface area contributed by atoms with Crippen LogP contribution in [0.3, 0.4) is 0 Å². The average molecular weight is 452 g/mol.